The van der Waals surface area contributed by atoms with Crippen LogP contribution in [0.2, 0.25) is 0 Å². The van der Waals surface area contributed by atoms with Gasteiger partial charge in [-0.05, 0) is 24.3 Å². The van der Waals surface area contributed by atoms with Gasteiger partial charge in [0, 0.05) is 31.4 Å². The summed E-state index contributed by atoms with van der Waals surface area (Å²) < 4.78 is 5.34. The van der Waals surface area contributed by atoms with Crippen LogP contribution >= 0.6 is 0 Å². The van der Waals surface area contributed by atoms with E-state index in [2.05, 4.69) is 21.1 Å². The Bertz CT molecular complexity index is 629. The third kappa shape index (κ3) is 6.69. The molecule has 1 fully saturated rings. The predicted molar refractivity (Wildman–Crippen MR) is 96.7 cm³/mol. The summed E-state index contributed by atoms with van der Waals surface area (Å²) in [6.45, 7) is 4.68. The van der Waals surface area contributed by atoms with Crippen molar-refractivity contribution >= 4 is 29.1 Å². The largest absolute Gasteiger partial charge is 0.378 e. The second-order valence-electron chi connectivity index (χ2n) is 6.23. The van der Waals surface area contributed by atoms with Crippen molar-refractivity contribution in [2.24, 2.45) is 0 Å². The van der Waals surface area contributed by atoms with Crippen LogP contribution in [0, 0.1) is 0 Å². The van der Waals surface area contributed by atoms with Gasteiger partial charge in [-0.3, -0.25) is 25.2 Å². The molecule has 0 radical (unpaired) electrons. The van der Waals surface area contributed by atoms with Crippen LogP contribution in [-0.4, -0.2) is 64.2 Å². The fraction of sp³-hybridized carbons (Fsp3) is 0.471. The van der Waals surface area contributed by atoms with Crippen LogP contribution in [0.3, 0.4) is 0 Å². The first-order valence-corrected chi connectivity index (χ1v) is 8.53. The van der Waals surface area contributed by atoms with Crippen LogP contribution in [0.1, 0.15) is 6.92 Å². The smallest absolute Gasteiger partial charge is 0.293 e. The normalized spacial score (nSPS) is 15.1. The molecule has 9 heteroatoms. The molecule has 1 heterocycles. The molecule has 0 saturated carbocycles. The van der Waals surface area contributed by atoms with Gasteiger partial charge in [0.2, 0.25) is 5.91 Å². The van der Waals surface area contributed by atoms with Crippen LogP contribution in [-0.2, 0) is 19.1 Å². The average Bonchev–Trinajstić information content (AvgIpc) is 2.61. The molecular weight excluding hydrogens is 338 g/mol. The molecule has 9 nitrogen and oxygen atoms in total. The van der Waals surface area contributed by atoms with E-state index in [0.29, 0.717) is 10.6 Å². The van der Waals surface area contributed by atoms with Crippen LogP contribution in [0.5, 0.6) is 0 Å². The lowest BCUT2D eigenvalue weighted by Gasteiger charge is -2.28. The van der Waals surface area contributed by atoms with Gasteiger partial charge in [0.15, 0.2) is 13.1 Å². The third-order valence-electron chi connectivity index (χ3n) is 3.83. The number of morpholine rings is 1. The predicted octanol–water partition coefficient (Wildman–Crippen LogP) is -1.86. The van der Waals surface area contributed by atoms with Gasteiger partial charge in [-0.15, -0.1) is 0 Å². The highest BCUT2D eigenvalue weighted by Gasteiger charge is 2.15. The van der Waals surface area contributed by atoms with Gasteiger partial charge in [-0.1, -0.05) is 0 Å². The van der Waals surface area contributed by atoms with E-state index in [1.54, 1.807) is 7.05 Å². The summed E-state index contributed by atoms with van der Waals surface area (Å²) >= 11 is 0. The highest BCUT2D eigenvalue weighted by atomic mass is 16.5. The number of hydrogen-bond donors (Lipinski definition) is 4. The van der Waals surface area contributed by atoms with Crippen LogP contribution < -0.4 is 26.0 Å². The Labute approximate surface area is 152 Å². The van der Waals surface area contributed by atoms with E-state index < -0.39 is 0 Å². The lowest BCUT2D eigenvalue weighted by Crippen LogP contribution is -3.11. The maximum Gasteiger partial charge on any atom is 0.293 e. The number of rotatable bonds is 6. The number of amides is 3. The van der Waals surface area contributed by atoms with E-state index in [1.807, 2.05) is 24.3 Å². The lowest BCUT2D eigenvalue weighted by molar-refractivity contribution is -0.862. The molecule has 0 spiro atoms. The molecule has 142 valence electrons. The van der Waals surface area contributed by atoms with Crippen molar-refractivity contribution < 1.29 is 24.0 Å². The number of benzene rings is 1. The number of hydrazine groups is 1. The number of nitrogens with zero attached hydrogens (tertiary/aromatic N) is 1. The Kier molecular flexibility index (Phi) is 7.37. The van der Waals surface area contributed by atoms with Crippen molar-refractivity contribution in [2.45, 2.75) is 6.92 Å². The van der Waals surface area contributed by atoms with Gasteiger partial charge < -0.3 is 19.9 Å². The van der Waals surface area contributed by atoms with Crippen LogP contribution in [0.15, 0.2) is 24.3 Å². The van der Waals surface area contributed by atoms with Crippen LogP contribution in [0.25, 0.3) is 0 Å². The highest BCUT2D eigenvalue weighted by molar-refractivity contribution is 5.91. The Balaban J connectivity index is 1.76. The minimum absolute atomic E-state index is 0.0731. The number of anilines is 2. The van der Waals surface area contributed by atoms with E-state index in [9.17, 15) is 14.4 Å². The Hall–Kier alpha value is -2.65. The molecule has 26 heavy (non-hydrogen) atoms. The molecule has 0 aromatic heterocycles. The molecule has 4 N–H and O–H groups in total. The van der Waals surface area contributed by atoms with Crippen molar-refractivity contribution in [3.8, 4) is 0 Å². The number of ether oxygens (including phenoxy) is 1. The topological polar surface area (TPSA) is 104 Å². The second kappa shape index (κ2) is 9.73. The SMILES string of the molecule is CC(=O)NNC(=O)C[NH+](C)CC(=O)Nc1ccc(N2CCOCC2)cc1. The molecule has 1 aromatic carbocycles. The zero-order valence-electron chi connectivity index (χ0n) is 15.1. The quantitative estimate of drug-likeness (QED) is 0.444. The first kappa shape index (κ1) is 19.7. The fourth-order valence-corrected chi connectivity index (χ4v) is 2.59. The molecule has 0 aliphatic carbocycles. The van der Waals surface area contributed by atoms with Crippen LogP contribution in [0.4, 0.5) is 11.4 Å². The number of carbonyl (C=O) groups excluding carboxylic acids is 3. The molecule has 1 unspecified atom stereocenters. The summed E-state index contributed by atoms with van der Waals surface area (Å²) in [7, 11) is 1.73. The molecule has 3 amide bonds. The lowest BCUT2D eigenvalue weighted by atomic mass is 10.2. The van der Waals surface area contributed by atoms with Gasteiger partial charge in [-0.2, -0.15) is 0 Å². The molecule has 1 aliphatic heterocycles. The molecule has 2 rings (SSSR count). The maximum atomic E-state index is 12.1. The zero-order chi connectivity index (χ0) is 18.9. The van der Waals surface area contributed by atoms with Gasteiger partial charge in [0.25, 0.3) is 11.8 Å². The van der Waals surface area contributed by atoms with Gasteiger partial charge >= 0.3 is 0 Å². The Morgan fingerprint density at radius 3 is 2.27 bits per heavy atom. The Morgan fingerprint density at radius 1 is 1.04 bits per heavy atom. The zero-order valence-corrected chi connectivity index (χ0v) is 15.1. The number of carbonyl (C=O) groups is 3. The summed E-state index contributed by atoms with van der Waals surface area (Å²) in [6.07, 6.45) is 0. The van der Waals surface area contributed by atoms with E-state index in [1.165, 1.54) is 6.92 Å². The number of hydrogen-bond acceptors (Lipinski definition) is 5. The number of nitrogens with one attached hydrogen (secondary N) is 4. The van der Waals surface area contributed by atoms with E-state index >= 15 is 0 Å². The van der Waals surface area contributed by atoms with Crippen molar-refractivity contribution in [1.29, 1.82) is 0 Å². The van der Waals surface area contributed by atoms with Crippen molar-refractivity contribution in [1.82, 2.24) is 10.9 Å². The third-order valence-corrected chi connectivity index (χ3v) is 3.83. The first-order chi connectivity index (χ1) is 12.4. The number of likely N-dealkylation sites (N-methyl/N-ethyl adjacent to an activating group) is 1. The van der Waals surface area contributed by atoms with Crippen molar-refractivity contribution in [3.05, 3.63) is 24.3 Å². The molecule has 0 bridgehead atoms. The first-order valence-electron chi connectivity index (χ1n) is 8.53. The number of quaternary nitrogens is 1. The van der Waals surface area contributed by atoms with Crippen molar-refractivity contribution in [3.63, 3.8) is 0 Å². The van der Waals surface area contributed by atoms with E-state index in [0.717, 1.165) is 32.0 Å². The van der Waals surface area contributed by atoms with Gasteiger partial charge in [0.1, 0.15) is 0 Å². The van der Waals surface area contributed by atoms with Gasteiger partial charge in [-0.25, -0.2) is 0 Å². The summed E-state index contributed by atoms with van der Waals surface area (Å²) in [5.41, 5.74) is 6.29. The second-order valence-corrected chi connectivity index (χ2v) is 6.23. The Morgan fingerprint density at radius 2 is 1.65 bits per heavy atom. The fourth-order valence-electron chi connectivity index (χ4n) is 2.59. The summed E-state index contributed by atoms with van der Waals surface area (Å²) in [5, 5.41) is 2.82. The minimum atomic E-state index is -0.361. The minimum Gasteiger partial charge on any atom is -0.378 e. The van der Waals surface area contributed by atoms with Gasteiger partial charge in [0.05, 0.1) is 20.3 Å². The molecular formula is C17H26N5O4+. The monoisotopic (exact) mass is 364 g/mol. The molecule has 1 atom stereocenters. The van der Waals surface area contributed by atoms with Crippen molar-refractivity contribution in [2.75, 3.05) is 56.7 Å². The summed E-state index contributed by atoms with van der Waals surface area (Å²) in [5.74, 6) is -0.899. The maximum absolute atomic E-state index is 12.1. The molecule has 1 aliphatic rings. The van der Waals surface area contributed by atoms with E-state index in [4.69, 9.17) is 4.74 Å². The molecule has 1 saturated heterocycles. The summed E-state index contributed by atoms with van der Waals surface area (Å²) in [6, 6.07) is 7.67. The molecule has 1 aromatic rings. The highest BCUT2D eigenvalue weighted by Crippen LogP contribution is 2.18. The standard InChI is InChI=1S/C17H25N5O4/c1-13(23)19-20-17(25)12-21(2)11-16(24)18-14-3-5-15(6-4-14)22-7-9-26-10-8-22/h3-6H,7-12H2,1-2H3,(H,18,24)(H,19,23)(H,20,25)/p+1. The summed E-state index contributed by atoms with van der Waals surface area (Å²) in [4.78, 5) is 37.4. The average molecular weight is 364 g/mol. The van der Waals surface area contributed by atoms with E-state index in [-0.39, 0.29) is 30.8 Å².